The molecular formula is C15H20N4OS. The predicted molar refractivity (Wildman–Crippen MR) is 86.5 cm³/mol. The SMILES string of the molecule is Cc1cc(NN)c(C(=O)NCC(C)(C)c2cccs2)cn1. The molecule has 6 heteroatoms. The minimum atomic E-state index is -0.180. The zero-order chi connectivity index (χ0) is 15.5. The Kier molecular flexibility index (Phi) is 4.59. The van der Waals surface area contributed by atoms with Crippen molar-refractivity contribution in [3.05, 3.63) is 45.9 Å². The molecule has 0 radical (unpaired) electrons. The number of aromatic nitrogens is 1. The molecule has 4 N–H and O–H groups in total. The number of hydrogen-bond donors (Lipinski definition) is 3. The molecule has 0 saturated heterocycles. The third kappa shape index (κ3) is 3.59. The monoisotopic (exact) mass is 304 g/mol. The third-order valence-corrected chi connectivity index (χ3v) is 4.56. The molecular weight excluding hydrogens is 284 g/mol. The smallest absolute Gasteiger partial charge is 0.255 e. The molecule has 5 nitrogen and oxygen atoms in total. The van der Waals surface area contributed by atoms with Crippen molar-refractivity contribution in [3.63, 3.8) is 0 Å². The number of rotatable bonds is 5. The number of anilines is 1. The van der Waals surface area contributed by atoms with Crippen LogP contribution in [-0.2, 0) is 5.41 Å². The van der Waals surface area contributed by atoms with Crippen LogP contribution in [0.1, 0.15) is 34.8 Å². The summed E-state index contributed by atoms with van der Waals surface area (Å²) in [6.45, 7) is 6.61. The van der Waals surface area contributed by atoms with Gasteiger partial charge in [0.25, 0.3) is 5.91 Å². The fourth-order valence-corrected chi connectivity index (χ4v) is 2.86. The predicted octanol–water partition coefficient (Wildman–Crippen LogP) is 2.44. The Bertz CT molecular complexity index is 623. The summed E-state index contributed by atoms with van der Waals surface area (Å²) in [6, 6.07) is 5.85. The van der Waals surface area contributed by atoms with E-state index in [1.54, 1.807) is 17.4 Å². The second-order valence-corrected chi connectivity index (χ2v) is 6.51. The summed E-state index contributed by atoms with van der Waals surface area (Å²) in [5, 5.41) is 4.99. The molecule has 0 aliphatic carbocycles. The lowest BCUT2D eigenvalue weighted by atomic mass is 9.91. The normalized spacial score (nSPS) is 11.2. The van der Waals surface area contributed by atoms with Crippen molar-refractivity contribution in [1.82, 2.24) is 10.3 Å². The highest BCUT2D eigenvalue weighted by molar-refractivity contribution is 7.10. The summed E-state index contributed by atoms with van der Waals surface area (Å²) in [4.78, 5) is 17.7. The van der Waals surface area contributed by atoms with Crippen LogP contribution >= 0.6 is 11.3 Å². The lowest BCUT2D eigenvalue weighted by Gasteiger charge is -2.24. The largest absolute Gasteiger partial charge is 0.351 e. The van der Waals surface area contributed by atoms with Crippen molar-refractivity contribution in [2.24, 2.45) is 5.84 Å². The van der Waals surface area contributed by atoms with Crippen LogP contribution in [-0.4, -0.2) is 17.4 Å². The van der Waals surface area contributed by atoms with E-state index in [4.69, 9.17) is 5.84 Å². The zero-order valence-electron chi connectivity index (χ0n) is 12.4. The summed E-state index contributed by atoms with van der Waals surface area (Å²) in [5.41, 5.74) is 4.26. The molecule has 21 heavy (non-hydrogen) atoms. The third-order valence-electron chi connectivity index (χ3n) is 3.32. The molecule has 0 atom stereocenters. The van der Waals surface area contributed by atoms with E-state index in [1.165, 1.54) is 11.1 Å². The minimum absolute atomic E-state index is 0.113. The minimum Gasteiger partial charge on any atom is -0.351 e. The van der Waals surface area contributed by atoms with E-state index in [0.29, 0.717) is 17.8 Å². The molecule has 0 aliphatic rings. The number of amides is 1. The molecule has 0 saturated carbocycles. The highest BCUT2D eigenvalue weighted by Crippen LogP contribution is 2.26. The molecule has 112 valence electrons. The molecule has 2 heterocycles. The molecule has 0 fully saturated rings. The number of aryl methyl sites for hydroxylation is 1. The summed E-state index contributed by atoms with van der Waals surface area (Å²) in [6.07, 6.45) is 1.54. The van der Waals surface area contributed by atoms with Crippen LogP contribution in [0.2, 0.25) is 0 Å². The number of nitrogens with two attached hydrogens (primary N) is 1. The fourth-order valence-electron chi connectivity index (χ4n) is 2.01. The maximum absolute atomic E-state index is 12.3. The lowest BCUT2D eigenvalue weighted by molar-refractivity contribution is 0.0946. The summed E-state index contributed by atoms with van der Waals surface area (Å²) < 4.78 is 0. The van der Waals surface area contributed by atoms with E-state index in [-0.39, 0.29) is 11.3 Å². The van der Waals surface area contributed by atoms with Gasteiger partial charge >= 0.3 is 0 Å². The van der Waals surface area contributed by atoms with Gasteiger partial charge in [0, 0.05) is 28.7 Å². The molecule has 2 aromatic rings. The Morgan fingerprint density at radius 3 is 2.86 bits per heavy atom. The molecule has 2 aromatic heterocycles. The Labute approximate surface area is 128 Å². The van der Waals surface area contributed by atoms with E-state index in [2.05, 4.69) is 35.6 Å². The number of nitrogens with zero attached hydrogens (tertiary/aromatic N) is 1. The Hall–Kier alpha value is -1.92. The van der Waals surface area contributed by atoms with Gasteiger partial charge in [-0.25, -0.2) is 0 Å². The summed E-state index contributed by atoms with van der Waals surface area (Å²) >= 11 is 1.69. The van der Waals surface area contributed by atoms with Crippen LogP contribution in [0.5, 0.6) is 0 Å². The zero-order valence-corrected chi connectivity index (χ0v) is 13.3. The van der Waals surface area contributed by atoms with E-state index < -0.39 is 0 Å². The van der Waals surface area contributed by atoms with E-state index in [9.17, 15) is 4.79 Å². The van der Waals surface area contributed by atoms with Crippen LogP contribution < -0.4 is 16.6 Å². The quantitative estimate of drug-likeness (QED) is 0.585. The highest BCUT2D eigenvalue weighted by Gasteiger charge is 2.23. The van der Waals surface area contributed by atoms with Crippen LogP contribution in [0.25, 0.3) is 0 Å². The molecule has 1 amide bonds. The van der Waals surface area contributed by atoms with E-state index >= 15 is 0 Å². The first kappa shape index (κ1) is 15.5. The molecule has 0 aromatic carbocycles. The summed E-state index contributed by atoms with van der Waals surface area (Å²) in [5.74, 6) is 5.28. The molecule has 2 rings (SSSR count). The highest BCUT2D eigenvalue weighted by atomic mass is 32.1. The van der Waals surface area contributed by atoms with Crippen molar-refractivity contribution in [3.8, 4) is 0 Å². The topological polar surface area (TPSA) is 80.0 Å². The Balaban J connectivity index is 2.09. The average Bonchev–Trinajstić information content (AvgIpc) is 2.99. The lowest BCUT2D eigenvalue weighted by Crippen LogP contribution is -2.36. The van der Waals surface area contributed by atoms with Gasteiger partial charge in [0.1, 0.15) is 0 Å². The van der Waals surface area contributed by atoms with Gasteiger partial charge in [-0.3, -0.25) is 15.6 Å². The number of carbonyl (C=O) groups excluding carboxylic acids is 1. The standard InChI is InChI=1S/C15H20N4OS/c1-10-7-12(19-16)11(8-17-10)14(20)18-9-15(2,3)13-5-4-6-21-13/h4-8H,9,16H2,1-3H3,(H,17,19)(H,18,20). The van der Waals surface area contributed by atoms with Gasteiger partial charge < -0.3 is 10.7 Å². The van der Waals surface area contributed by atoms with Gasteiger partial charge in [0.15, 0.2) is 0 Å². The van der Waals surface area contributed by atoms with Crippen molar-refractivity contribution in [2.75, 3.05) is 12.0 Å². The Morgan fingerprint density at radius 2 is 2.24 bits per heavy atom. The van der Waals surface area contributed by atoms with Gasteiger partial charge in [-0.15, -0.1) is 11.3 Å². The van der Waals surface area contributed by atoms with Gasteiger partial charge in [-0.2, -0.15) is 0 Å². The maximum atomic E-state index is 12.3. The molecule has 0 unspecified atom stereocenters. The van der Waals surface area contributed by atoms with E-state index in [0.717, 1.165) is 5.69 Å². The molecule has 0 spiro atoms. The van der Waals surface area contributed by atoms with Crippen LogP contribution in [0, 0.1) is 6.92 Å². The maximum Gasteiger partial charge on any atom is 0.255 e. The van der Waals surface area contributed by atoms with Gasteiger partial charge in [-0.1, -0.05) is 19.9 Å². The number of nitrogens with one attached hydrogen (secondary N) is 2. The van der Waals surface area contributed by atoms with Crippen molar-refractivity contribution in [2.45, 2.75) is 26.2 Å². The van der Waals surface area contributed by atoms with Crippen molar-refractivity contribution in [1.29, 1.82) is 0 Å². The van der Waals surface area contributed by atoms with Gasteiger partial charge in [0.2, 0.25) is 0 Å². The van der Waals surface area contributed by atoms with Crippen molar-refractivity contribution < 1.29 is 4.79 Å². The summed E-state index contributed by atoms with van der Waals surface area (Å²) in [7, 11) is 0. The number of carbonyl (C=O) groups is 1. The second-order valence-electron chi connectivity index (χ2n) is 5.56. The second kappa shape index (κ2) is 6.24. The molecule has 0 aliphatic heterocycles. The van der Waals surface area contributed by atoms with E-state index in [1.807, 2.05) is 18.4 Å². The first-order chi connectivity index (χ1) is 9.94. The number of hydrazine groups is 1. The number of pyridine rings is 1. The first-order valence-electron chi connectivity index (χ1n) is 6.69. The average molecular weight is 304 g/mol. The van der Waals surface area contributed by atoms with Crippen LogP contribution in [0.15, 0.2) is 29.8 Å². The number of nitrogen functional groups attached to an aromatic ring is 1. The molecule has 0 bridgehead atoms. The number of hydrogen-bond acceptors (Lipinski definition) is 5. The van der Waals surface area contributed by atoms with Crippen LogP contribution in [0.3, 0.4) is 0 Å². The first-order valence-corrected chi connectivity index (χ1v) is 7.57. The fraction of sp³-hybridized carbons (Fsp3) is 0.333. The number of thiophene rings is 1. The van der Waals surface area contributed by atoms with Crippen LogP contribution in [0.4, 0.5) is 5.69 Å². The van der Waals surface area contributed by atoms with Gasteiger partial charge in [-0.05, 0) is 24.4 Å². The van der Waals surface area contributed by atoms with Gasteiger partial charge in [0.05, 0.1) is 11.3 Å². The van der Waals surface area contributed by atoms with Crippen molar-refractivity contribution >= 4 is 22.9 Å². The Morgan fingerprint density at radius 1 is 1.48 bits per heavy atom.